The van der Waals surface area contributed by atoms with Gasteiger partial charge in [0.25, 0.3) is 0 Å². The van der Waals surface area contributed by atoms with Crippen molar-refractivity contribution >= 4 is 17.5 Å². The minimum absolute atomic E-state index is 0.132. The third kappa shape index (κ3) is 4.70. The first kappa shape index (κ1) is 22.4. The number of hydrogen-bond donors (Lipinski definition) is 2. The second-order valence-electron chi connectivity index (χ2n) is 7.97. The molecule has 0 radical (unpaired) electrons. The van der Waals surface area contributed by atoms with E-state index in [0.717, 1.165) is 22.3 Å². The molecule has 1 aromatic carbocycles. The molecule has 0 unspecified atom stereocenters. The predicted molar refractivity (Wildman–Crippen MR) is 124 cm³/mol. The van der Waals surface area contributed by atoms with Crippen LogP contribution >= 0.6 is 0 Å². The number of nitriles is 1. The summed E-state index contributed by atoms with van der Waals surface area (Å²) in [7, 11) is 1.62. The maximum absolute atomic E-state index is 13.4. The van der Waals surface area contributed by atoms with Crippen LogP contribution in [0.1, 0.15) is 29.5 Å². The number of pyridine rings is 2. The molecule has 0 spiro atoms. The molecule has 0 atom stereocenters. The molecule has 8 heteroatoms. The molecule has 3 aromatic rings. The van der Waals surface area contributed by atoms with E-state index in [1.165, 1.54) is 6.20 Å². The van der Waals surface area contributed by atoms with Gasteiger partial charge >= 0.3 is 0 Å². The van der Waals surface area contributed by atoms with Crippen LogP contribution in [0.5, 0.6) is 0 Å². The molecule has 8 nitrogen and oxygen atoms in total. The number of nitrogens with zero attached hydrogens (tertiary/aromatic N) is 3. The number of amides is 1. The summed E-state index contributed by atoms with van der Waals surface area (Å²) in [5.74, 6) is 0.735. The summed E-state index contributed by atoms with van der Waals surface area (Å²) in [6, 6.07) is 15.2. The minimum Gasteiger partial charge on any atom is -0.383 e. The van der Waals surface area contributed by atoms with Crippen LogP contribution in [0.25, 0.3) is 11.1 Å². The van der Waals surface area contributed by atoms with Crippen molar-refractivity contribution in [1.82, 2.24) is 9.97 Å². The van der Waals surface area contributed by atoms with Crippen LogP contribution in [0.4, 0.5) is 11.6 Å². The topological polar surface area (TPSA) is 123 Å². The van der Waals surface area contributed by atoms with E-state index in [-0.39, 0.29) is 5.91 Å². The summed E-state index contributed by atoms with van der Waals surface area (Å²) in [6.07, 6.45) is 4.31. The van der Waals surface area contributed by atoms with Crippen molar-refractivity contribution < 1.29 is 14.3 Å². The first-order valence-corrected chi connectivity index (χ1v) is 10.7. The maximum atomic E-state index is 13.4. The minimum atomic E-state index is -0.729. The lowest BCUT2D eigenvalue weighted by atomic mass is 9.73. The van der Waals surface area contributed by atoms with Gasteiger partial charge in [-0.15, -0.1) is 0 Å². The quantitative estimate of drug-likeness (QED) is 0.598. The molecular formula is C25H25N5O3. The second kappa shape index (κ2) is 9.77. The van der Waals surface area contributed by atoms with E-state index in [1.807, 2.05) is 36.4 Å². The Kier molecular flexibility index (Phi) is 6.63. The fourth-order valence-electron chi connectivity index (χ4n) is 4.07. The molecule has 0 bridgehead atoms. The zero-order valence-electron chi connectivity index (χ0n) is 18.4. The normalized spacial score (nSPS) is 14.9. The monoisotopic (exact) mass is 443 g/mol. The molecule has 0 saturated carbocycles. The average molecular weight is 444 g/mol. The Balaban J connectivity index is 1.61. The van der Waals surface area contributed by atoms with E-state index >= 15 is 0 Å². The van der Waals surface area contributed by atoms with Crippen molar-refractivity contribution in [3.05, 3.63) is 71.5 Å². The number of aromatic nitrogens is 2. The van der Waals surface area contributed by atoms with Gasteiger partial charge in [0.15, 0.2) is 0 Å². The van der Waals surface area contributed by atoms with Crippen LogP contribution in [0, 0.1) is 11.3 Å². The highest BCUT2D eigenvalue weighted by atomic mass is 16.5. The fraction of sp³-hybridized carbons (Fsp3) is 0.280. The molecule has 168 valence electrons. The Morgan fingerprint density at radius 2 is 1.91 bits per heavy atom. The molecule has 1 fully saturated rings. The van der Waals surface area contributed by atoms with Crippen LogP contribution in [-0.4, -0.2) is 36.2 Å². The van der Waals surface area contributed by atoms with Gasteiger partial charge in [0.2, 0.25) is 5.91 Å². The van der Waals surface area contributed by atoms with Crippen molar-refractivity contribution in [3.8, 4) is 17.2 Å². The lowest BCUT2D eigenvalue weighted by Crippen LogP contribution is -2.45. The van der Waals surface area contributed by atoms with Gasteiger partial charge in [0.1, 0.15) is 17.7 Å². The predicted octanol–water partition coefficient (Wildman–Crippen LogP) is 3.43. The molecule has 3 heterocycles. The van der Waals surface area contributed by atoms with Crippen molar-refractivity contribution in [2.24, 2.45) is 0 Å². The summed E-state index contributed by atoms with van der Waals surface area (Å²) in [6.45, 7) is 1.38. The van der Waals surface area contributed by atoms with Crippen LogP contribution in [0.3, 0.4) is 0 Å². The highest BCUT2D eigenvalue weighted by Crippen LogP contribution is 2.37. The summed E-state index contributed by atoms with van der Waals surface area (Å²) in [5, 5.41) is 11.9. The largest absolute Gasteiger partial charge is 0.383 e. The number of methoxy groups -OCH3 is 1. The number of nitrogens with one attached hydrogen (secondary N) is 1. The van der Waals surface area contributed by atoms with Crippen molar-refractivity contribution in [3.63, 3.8) is 0 Å². The number of benzene rings is 1. The van der Waals surface area contributed by atoms with Crippen LogP contribution < -0.4 is 11.1 Å². The number of hydrogen-bond acceptors (Lipinski definition) is 7. The molecular weight excluding hydrogens is 418 g/mol. The van der Waals surface area contributed by atoms with E-state index in [2.05, 4.69) is 15.3 Å². The Labute approximate surface area is 192 Å². The molecule has 1 aliphatic heterocycles. The number of anilines is 2. The van der Waals surface area contributed by atoms with Gasteiger partial charge in [-0.1, -0.05) is 24.3 Å². The van der Waals surface area contributed by atoms with Gasteiger partial charge in [0.05, 0.1) is 17.6 Å². The van der Waals surface area contributed by atoms with E-state index in [1.54, 1.807) is 25.4 Å². The standard InChI is InChI=1S/C25H25N5O3/c1-32-16-20-12-19(15-29-23(20)27)18-3-5-21(6-4-18)25(8-10-33-11-9-25)24(31)30-22-7-2-17(13-26)14-28-22/h2-7,12,14-15H,8-11,16H2,1H3,(H2,27,29)(H,28,30,31). The Hall–Kier alpha value is -3.80. The van der Waals surface area contributed by atoms with Gasteiger partial charge in [-0.2, -0.15) is 5.26 Å². The average Bonchev–Trinajstić information content (AvgIpc) is 2.86. The van der Waals surface area contributed by atoms with E-state index in [4.69, 9.17) is 20.5 Å². The van der Waals surface area contributed by atoms with Gasteiger partial charge in [-0.25, -0.2) is 9.97 Å². The summed E-state index contributed by atoms with van der Waals surface area (Å²) < 4.78 is 10.8. The number of ether oxygens (including phenoxy) is 2. The SMILES string of the molecule is COCc1cc(-c2ccc(C3(C(=O)Nc4ccc(C#N)cn4)CCOCC3)cc2)cnc1N. The van der Waals surface area contributed by atoms with Crippen molar-refractivity contribution in [2.45, 2.75) is 24.9 Å². The molecule has 33 heavy (non-hydrogen) atoms. The molecule has 1 saturated heterocycles. The van der Waals surface area contributed by atoms with E-state index in [0.29, 0.717) is 49.9 Å². The van der Waals surface area contributed by atoms with Gasteiger partial charge in [-0.3, -0.25) is 4.79 Å². The first-order valence-electron chi connectivity index (χ1n) is 10.7. The number of carbonyl (C=O) groups is 1. The second-order valence-corrected chi connectivity index (χ2v) is 7.97. The smallest absolute Gasteiger partial charge is 0.236 e. The zero-order chi connectivity index (χ0) is 23.3. The number of nitrogen functional groups attached to an aromatic ring is 1. The highest BCUT2D eigenvalue weighted by Gasteiger charge is 2.41. The van der Waals surface area contributed by atoms with Crippen LogP contribution in [0.2, 0.25) is 0 Å². The van der Waals surface area contributed by atoms with E-state index < -0.39 is 5.41 Å². The number of nitrogens with two attached hydrogens (primary N) is 1. The zero-order valence-corrected chi connectivity index (χ0v) is 18.4. The number of carbonyl (C=O) groups excluding carboxylic acids is 1. The Bertz CT molecular complexity index is 1160. The molecule has 0 aliphatic carbocycles. The summed E-state index contributed by atoms with van der Waals surface area (Å²) >= 11 is 0. The molecule has 1 aliphatic rings. The Morgan fingerprint density at radius 3 is 2.55 bits per heavy atom. The van der Waals surface area contributed by atoms with Gasteiger partial charge < -0.3 is 20.5 Å². The third-order valence-corrected chi connectivity index (χ3v) is 5.99. The van der Waals surface area contributed by atoms with E-state index in [9.17, 15) is 4.79 Å². The fourth-order valence-corrected chi connectivity index (χ4v) is 4.07. The summed E-state index contributed by atoms with van der Waals surface area (Å²) in [4.78, 5) is 21.9. The van der Waals surface area contributed by atoms with Crippen molar-refractivity contribution in [2.75, 3.05) is 31.4 Å². The highest BCUT2D eigenvalue weighted by molar-refractivity contribution is 5.98. The molecule has 1 amide bonds. The third-order valence-electron chi connectivity index (χ3n) is 5.99. The van der Waals surface area contributed by atoms with Crippen LogP contribution in [0.15, 0.2) is 54.9 Å². The Morgan fingerprint density at radius 1 is 1.15 bits per heavy atom. The first-order chi connectivity index (χ1) is 16.1. The summed E-state index contributed by atoms with van der Waals surface area (Å²) in [5.41, 5.74) is 9.29. The lowest BCUT2D eigenvalue weighted by molar-refractivity contribution is -0.125. The number of rotatable bonds is 6. The van der Waals surface area contributed by atoms with Crippen molar-refractivity contribution in [1.29, 1.82) is 5.26 Å². The molecule has 2 aromatic heterocycles. The maximum Gasteiger partial charge on any atom is 0.236 e. The van der Waals surface area contributed by atoms with Gasteiger partial charge in [0, 0.05) is 43.8 Å². The molecule has 4 rings (SSSR count). The van der Waals surface area contributed by atoms with Gasteiger partial charge in [-0.05, 0) is 42.2 Å². The molecule has 3 N–H and O–H groups in total. The lowest BCUT2D eigenvalue weighted by Gasteiger charge is -2.36. The van der Waals surface area contributed by atoms with Crippen LogP contribution in [-0.2, 0) is 26.3 Å².